The number of hydrogen-bond acceptors (Lipinski definition) is 6. The number of rotatable bonds is 7. The molecule has 0 saturated heterocycles. The van der Waals surface area contributed by atoms with Gasteiger partial charge in [-0.25, -0.2) is 4.68 Å². The van der Waals surface area contributed by atoms with Gasteiger partial charge in [-0.3, -0.25) is 9.69 Å². The van der Waals surface area contributed by atoms with Gasteiger partial charge in [-0.1, -0.05) is 49.6 Å². The smallest absolute Gasteiger partial charge is 0.253 e. The highest BCUT2D eigenvalue weighted by molar-refractivity contribution is 5.80. The summed E-state index contributed by atoms with van der Waals surface area (Å²) in [7, 11) is 3.72. The maximum absolute atomic E-state index is 13.4. The number of nitrogens with zero attached hydrogens (tertiary/aromatic N) is 5. The first kappa shape index (κ1) is 22.3. The standard InChI is InChI=1S/C26H30N6O2/c1-31(20-11-7-4-8-12-20)24(25-28-29-30-32(25)17-18-9-5-3-6-10-18)22-15-19-13-14-21(34-2)16-23(19)27-26(22)33/h3,5-6,9-10,13-16,20,24H,4,7-8,11-12,17H2,1-2H3,(H,27,33). The van der Waals surface area contributed by atoms with E-state index in [-0.39, 0.29) is 11.6 Å². The number of nitrogens with one attached hydrogen (secondary N) is 1. The summed E-state index contributed by atoms with van der Waals surface area (Å²) in [6.07, 6.45) is 5.88. The molecule has 1 aliphatic carbocycles. The van der Waals surface area contributed by atoms with Gasteiger partial charge >= 0.3 is 0 Å². The monoisotopic (exact) mass is 458 g/mol. The summed E-state index contributed by atoms with van der Waals surface area (Å²) < 4.78 is 7.14. The van der Waals surface area contributed by atoms with Crippen molar-refractivity contribution in [1.82, 2.24) is 30.1 Å². The predicted octanol–water partition coefficient (Wildman–Crippen LogP) is 3.93. The maximum atomic E-state index is 13.4. The summed E-state index contributed by atoms with van der Waals surface area (Å²) in [5.41, 5.74) is 2.36. The third kappa shape index (κ3) is 4.46. The van der Waals surface area contributed by atoms with Gasteiger partial charge < -0.3 is 9.72 Å². The van der Waals surface area contributed by atoms with Crippen molar-refractivity contribution in [3.8, 4) is 5.75 Å². The van der Waals surface area contributed by atoms with Crippen molar-refractivity contribution in [2.45, 2.75) is 50.7 Å². The van der Waals surface area contributed by atoms with Crippen molar-refractivity contribution in [2.75, 3.05) is 14.2 Å². The number of ether oxygens (including phenoxy) is 1. The summed E-state index contributed by atoms with van der Waals surface area (Å²) in [6.45, 7) is 0.543. The Kier molecular flexibility index (Phi) is 6.40. The van der Waals surface area contributed by atoms with Gasteiger partial charge in [0, 0.05) is 17.7 Å². The molecule has 2 aromatic heterocycles. The summed E-state index contributed by atoms with van der Waals surface area (Å²) in [6, 6.07) is 17.8. The maximum Gasteiger partial charge on any atom is 0.253 e. The van der Waals surface area contributed by atoms with E-state index in [1.807, 2.05) is 47.1 Å². The van der Waals surface area contributed by atoms with Crippen LogP contribution in [0.4, 0.5) is 0 Å². The summed E-state index contributed by atoms with van der Waals surface area (Å²) in [5.74, 6) is 1.38. The molecular weight excluding hydrogens is 428 g/mol. The molecule has 5 rings (SSSR count). The second-order valence-corrected chi connectivity index (χ2v) is 9.05. The van der Waals surface area contributed by atoms with Crippen LogP contribution in [0.1, 0.15) is 55.1 Å². The minimum Gasteiger partial charge on any atom is -0.497 e. The first-order chi connectivity index (χ1) is 16.6. The van der Waals surface area contributed by atoms with Crippen molar-refractivity contribution in [3.05, 3.63) is 81.9 Å². The van der Waals surface area contributed by atoms with Crippen molar-refractivity contribution < 1.29 is 4.74 Å². The van der Waals surface area contributed by atoms with Crippen molar-refractivity contribution in [3.63, 3.8) is 0 Å². The van der Waals surface area contributed by atoms with Crippen LogP contribution >= 0.6 is 0 Å². The Balaban J connectivity index is 1.61. The zero-order chi connectivity index (χ0) is 23.5. The van der Waals surface area contributed by atoms with E-state index in [4.69, 9.17) is 4.74 Å². The summed E-state index contributed by atoms with van der Waals surface area (Å²) >= 11 is 0. The Morgan fingerprint density at radius 3 is 2.68 bits per heavy atom. The fourth-order valence-corrected chi connectivity index (χ4v) is 5.04. The van der Waals surface area contributed by atoms with Crippen molar-refractivity contribution in [1.29, 1.82) is 0 Å². The average molecular weight is 459 g/mol. The Morgan fingerprint density at radius 1 is 1.12 bits per heavy atom. The molecule has 1 saturated carbocycles. The highest BCUT2D eigenvalue weighted by Gasteiger charge is 2.33. The molecule has 8 heteroatoms. The third-order valence-electron chi connectivity index (χ3n) is 6.91. The van der Waals surface area contributed by atoms with Crippen molar-refractivity contribution in [2.24, 2.45) is 0 Å². The first-order valence-corrected chi connectivity index (χ1v) is 11.9. The van der Waals surface area contributed by atoms with Gasteiger partial charge in [-0.15, -0.1) is 5.10 Å². The highest BCUT2D eigenvalue weighted by atomic mass is 16.5. The Morgan fingerprint density at radius 2 is 1.91 bits per heavy atom. The van der Waals surface area contributed by atoms with Crippen LogP contribution in [0.25, 0.3) is 10.9 Å². The van der Waals surface area contributed by atoms with Gasteiger partial charge in [0.15, 0.2) is 5.82 Å². The molecule has 0 amide bonds. The average Bonchev–Trinajstić information content (AvgIpc) is 3.32. The lowest BCUT2D eigenvalue weighted by atomic mass is 9.92. The fraction of sp³-hybridized carbons (Fsp3) is 0.385. The van der Waals surface area contributed by atoms with Crippen LogP contribution in [0, 0.1) is 0 Å². The zero-order valence-corrected chi connectivity index (χ0v) is 19.6. The van der Waals surface area contributed by atoms with E-state index in [1.54, 1.807) is 7.11 Å². The molecule has 1 fully saturated rings. The minimum atomic E-state index is -0.364. The number of fused-ring (bicyclic) bond motifs is 1. The summed E-state index contributed by atoms with van der Waals surface area (Å²) in [5, 5.41) is 13.7. The molecule has 1 N–H and O–H groups in total. The molecular formula is C26H30N6O2. The number of aromatic nitrogens is 5. The van der Waals surface area contributed by atoms with Crippen LogP contribution in [0.5, 0.6) is 5.75 Å². The molecule has 1 unspecified atom stereocenters. The van der Waals surface area contributed by atoms with E-state index in [0.717, 1.165) is 29.3 Å². The molecule has 0 aliphatic heterocycles. The number of pyridine rings is 1. The van der Waals surface area contributed by atoms with E-state index in [0.29, 0.717) is 29.7 Å². The second kappa shape index (κ2) is 9.77. The Bertz CT molecular complexity index is 1310. The molecule has 1 atom stereocenters. The number of H-pyrrole nitrogens is 1. The number of benzene rings is 2. The highest BCUT2D eigenvalue weighted by Crippen LogP contribution is 2.32. The van der Waals surface area contributed by atoms with Gasteiger partial charge in [-0.05, 0) is 59.5 Å². The van der Waals surface area contributed by atoms with Gasteiger partial charge in [0.25, 0.3) is 5.56 Å². The Hall–Kier alpha value is -3.52. The van der Waals surface area contributed by atoms with Crippen LogP contribution in [-0.4, -0.2) is 50.3 Å². The predicted molar refractivity (Wildman–Crippen MR) is 131 cm³/mol. The lowest BCUT2D eigenvalue weighted by Gasteiger charge is -2.36. The van der Waals surface area contributed by atoms with Crippen LogP contribution in [0.15, 0.2) is 59.4 Å². The van der Waals surface area contributed by atoms with E-state index < -0.39 is 0 Å². The molecule has 0 radical (unpaired) electrons. The minimum absolute atomic E-state index is 0.136. The molecule has 2 heterocycles. The topological polar surface area (TPSA) is 88.9 Å². The van der Waals surface area contributed by atoms with Crippen LogP contribution < -0.4 is 10.3 Å². The number of methoxy groups -OCH3 is 1. The van der Waals surface area contributed by atoms with E-state index >= 15 is 0 Å². The van der Waals surface area contributed by atoms with E-state index in [2.05, 4.69) is 44.6 Å². The van der Waals surface area contributed by atoms with Crippen molar-refractivity contribution >= 4 is 10.9 Å². The van der Waals surface area contributed by atoms with Gasteiger partial charge in [0.1, 0.15) is 11.8 Å². The zero-order valence-electron chi connectivity index (χ0n) is 19.6. The number of tetrazole rings is 1. The number of aromatic amines is 1. The molecule has 1 aliphatic rings. The SMILES string of the molecule is COc1ccc2cc(C(c3nnnn3Cc3ccccc3)N(C)C3CCCCC3)c(=O)[nH]c2c1. The van der Waals surface area contributed by atoms with Crippen LogP contribution in [0.2, 0.25) is 0 Å². The molecule has 0 bridgehead atoms. The molecule has 4 aromatic rings. The van der Waals surface area contributed by atoms with Crippen LogP contribution in [0.3, 0.4) is 0 Å². The first-order valence-electron chi connectivity index (χ1n) is 11.9. The third-order valence-corrected chi connectivity index (χ3v) is 6.91. The molecule has 34 heavy (non-hydrogen) atoms. The molecule has 0 spiro atoms. The number of hydrogen-bond donors (Lipinski definition) is 1. The van der Waals surface area contributed by atoms with Gasteiger partial charge in [-0.2, -0.15) is 0 Å². The van der Waals surface area contributed by atoms with E-state index in [9.17, 15) is 4.79 Å². The second-order valence-electron chi connectivity index (χ2n) is 9.05. The van der Waals surface area contributed by atoms with Gasteiger partial charge in [0.05, 0.1) is 19.2 Å². The van der Waals surface area contributed by atoms with Crippen LogP contribution in [-0.2, 0) is 6.54 Å². The lowest BCUT2D eigenvalue weighted by Crippen LogP contribution is -2.40. The largest absolute Gasteiger partial charge is 0.497 e. The van der Waals surface area contributed by atoms with E-state index in [1.165, 1.54) is 19.3 Å². The molecule has 2 aromatic carbocycles. The lowest BCUT2D eigenvalue weighted by molar-refractivity contribution is 0.149. The normalized spacial score (nSPS) is 15.6. The van der Waals surface area contributed by atoms with Gasteiger partial charge in [0.2, 0.25) is 0 Å². The quantitative estimate of drug-likeness (QED) is 0.451. The Labute approximate surface area is 198 Å². The molecule has 8 nitrogen and oxygen atoms in total. The fourth-order valence-electron chi connectivity index (χ4n) is 5.04. The molecule has 176 valence electrons. The summed E-state index contributed by atoms with van der Waals surface area (Å²) in [4.78, 5) is 18.8.